The van der Waals surface area contributed by atoms with Crippen LogP contribution < -0.4 is 4.90 Å². The summed E-state index contributed by atoms with van der Waals surface area (Å²) in [6.07, 6.45) is 0.632. The maximum Gasteiger partial charge on any atom is 0.410 e. The molecule has 2 aliphatic heterocycles. The molecular formula is C19H27ClN2O2. The zero-order valence-corrected chi connectivity index (χ0v) is 16.0. The van der Waals surface area contributed by atoms with Crippen molar-refractivity contribution in [1.82, 2.24) is 4.90 Å². The Balaban J connectivity index is 1.91. The van der Waals surface area contributed by atoms with E-state index in [1.54, 1.807) is 0 Å². The van der Waals surface area contributed by atoms with E-state index in [0.29, 0.717) is 25.0 Å². The van der Waals surface area contributed by atoms with Gasteiger partial charge in [-0.2, -0.15) is 0 Å². The number of carbonyl (C=O) groups excluding carboxylic acids is 1. The van der Waals surface area contributed by atoms with Gasteiger partial charge in [0.25, 0.3) is 0 Å². The smallest absolute Gasteiger partial charge is 0.410 e. The number of hydrogen-bond donors (Lipinski definition) is 0. The number of nitrogens with zero attached hydrogens (tertiary/aromatic N) is 2. The van der Waals surface area contributed by atoms with Gasteiger partial charge in [0, 0.05) is 31.6 Å². The normalized spacial score (nSPS) is 20.2. The van der Waals surface area contributed by atoms with Crippen molar-refractivity contribution in [2.75, 3.05) is 24.5 Å². The molecular weight excluding hydrogens is 324 g/mol. The molecule has 0 radical (unpaired) electrons. The van der Waals surface area contributed by atoms with Gasteiger partial charge >= 0.3 is 6.09 Å². The fourth-order valence-corrected chi connectivity index (χ4v) is 4.01. The maximum atomic E-state index is 12.5. The SMILES string of the molecule is CC(C)N1C[C@@H]2CN(C(=O)OC(C)(C)C)CCc3ccc(Cl)c1c32. The fourth-order valence-electron chi connectivity index (χ4n) is 3.73. The van der Waals surface area contributed by atoms with Gasteiger partial charge in [0.05, 0.1) is 10.7 Å². The van der Waals surface area contributed by atoms with Crippen molar-refractivity contribution >= 4 is 23.4 Å². The lowest BCUT2D eigenvalue weighted by molar-refractivity contribution is 0.0247. The second-order valence-electron chi connectivity index (χ2n) is 8.09. The molecule has 3 rings (SSSR count). The highest BCUT2D eigenvalue weighted by Gasteiger charge is 2.38. The molecule has 0 saturated heterocycles. The van der Waals surface area contributed by atoms with Crippen molar-refractivity contribution < 1.29 is 9.53 Å². The summed E-state index contributed by atoms with van der Waals surface area (Å²) in [5.41, 5.74) is 3.35. The summed E-state index contributed by atoms with van der Waals surface area (Å²) in [6.45, 7) is 12.4. The van der Waals surface area contributed by atoms with Gasteiger partial charge in [0.2, 0.25) is 0 Å². The summed E-state index contributed by atoms with van der Waals surface area (Å²) in [5.74, 6) is 0.297. The van der Waals surface area contributed by atoms with E-state index in [-0.39, 0.29) is 6.09 Å². The first kappa shape index (κ1) is 17.4. The topological polar surface area (TPSA) is 32.8 Å². The van der Waals surface area contributed by atoms with Gasteiger partial charge in [-0.15, -0.1) is 0 Å². The van der Waals surface area contributed by atoms with Gasteiger partial charge in [-0.1, -0.05) is 17.7 Å². The molecule has 1 aromatic rings. The van der Waals surface area contributed by atoms with Gasteiger partial charge in [-0.05, 0) is 58.2 Å². The first-order valence-electron chi connectivity index (χ1n) is 8.73. The van der Waals surface area contributed by atoms with Crippen LogP contribution in [0.4, 0.5) is 10.5 Å². The van der Waals surface area contributed by atoms with Crippen LogP contribution >= 0.6 is 11.6 Å². The van der Waals surface area contributed by atoms with E-state index >= 15 is 0 Å². The Morgan fingerprint density at radius 3 is 2.62 bits per heavy atom. The van der Waals surface area contributed by atoms with Crippen LogP contribution in [-0.2, 0) is 11.2 Å². The van der Waals surface area contributed by atoms with Crippen LogP contribution in [0, 0.1) is 0 Å². The standard InChI is InChI=1S/C19H27ClN2O2/c1-12(2)22-11-14-10-21(18(23)24-19(3,4)5)9-8-13-6-7-15(20)17(22)16(13)14/h6-7,12,14H,8-11H2,1-5H3/t14-/m0/s1. The van der Waals surface area contributed by atoms with Gasteiger partial charge in [0.1, 0.15) is 5.60 Å². The first-order valence-corrected chi connectivity index (χ1v) is 9.11. The molecule has 2 aliphatic rings. The molecule has 1 amide bonds. The lowest BCUT2D eigenvalue weighted by atomic mass is 9.95. The Kier molecular flexibility index (Phi) is 4.45. The van der Waals surface area contributed by atoms with Crippen molar-refractivity contribution in [3.8, 4) is 0 Å². The number of rotatable bonds is 1. The van der Waals surface area contributed by atoms with E-state index in [1.165, 1.54) is 16.8 Å². The van der Waals surface area contributed by atoms with Crippen LogP contribution in [0.25, 0.3) is 0 Å². The Hall–Kier alpha value is -1.42. The second-order valence-corrected chi connectivity index (χ2v) is 8.50. The average molecular weight is 351 g/mol. The Morgan fingerprint density at radius 1 is 1.29 bits per heavy atom. The minimum atomic E-state index is -0.468. The molecule has 2 heterocycles. The molecule has 1 aromatic carbocycles. The van der Waals surface area contributed by atoms with Crippen LogP contribution in [0.2, 0.25) is 5.02 Å². The molecule has 0 aliphatic carbocycles. The van der Waals surface area contributed by atoms with Crippen molar-refractivity contribution in [2.24, 2.45) is 0 Å². The number of carbonyl (C=O) groups is 1. The molecule has 0 N–H and O–H groups in total. The van der Waals surface area contributed by atoms with Gasteiger partial charge < -0.3 is 14.5 Å². The van der Waals surface area contributed by atoms with E-state index in [9.17, 15) is 4.79 Å². The second kappa shape index (κ2) is 6.14. The summed E-state index contributed by atoms with van der Waals surface area (Å²) < 4.78 is 5.59. The molecule has 0 saturated carbocycles. The van der Waals surface area contributed by atoms with Crippen LogP contribution in [0.3, 0.4) is 0 Å². The Morgan fingerprint density at radius 2 is 2.00 bits per heavy atom. The minimum absolute atomic E-state index is 0.217. The van der Waals surface area contributed by atoms with E-state index < -0.39 is 5.60 Å². The third-order valence-corrected chi connectivity index (χ3v) is 5.04. The fraction of sp³-hybridized carbons (Fsp3) is 0.632. The summed E-state index contributed by atoms with van der Waals surface area (Å²) in [7, 11) is 0. The zero-order valence-electron chi connectivity index (χ0n) is 15.2. The molecule has 0 unspecified atom stereocenters. The van der Waals surface area contributed by atoms with E-state index in [0.717, 1.165) is 18.0 Å². The highest BCUT2D eigenvalue weighted by atomic mass is 35.5. The molecule has 1 atom stereocenters. The van der Waals surface area contributed by atoms with Crippen LogP contribution in [0.15, 0.2) is 12.1 Å². The molecule has 0 bridgehead atoms. The predicted octanol–water partition coefficient (Wildman–Crippen LogP) is 4.45. The highest BCUT2D eigenvalue weighted by molar-refractivity contribution is 6.33. The quantitative estimate of drug-likeness (QED) is 0.750. The van der Waals surface area contributed by atoms with E-state index in [2.05, 4.69) is 24.8 Å². The first-order chi connectivity index (χ1) is 11.2. The summed E-state index contributed by atoms with van der Waals surface area (Å²) >= 11 is 6.52. The van der Waals surface area contributed by atoms with Crippen LogP contribution in [0.5, 0.6) is 0 Å². The van der Waals surface area contributed by atoms with Gasteiger partial charge in [-0.25, -0.2) is 4.79 Å². The number of benzene rings is 1. The number of anilines is 1. The molecule has 0 spiro atoms. The van der Waals surface area contributed by atoms with Crippen molar-refractivity contribution in [3.63, 3.8) is 0 Å². The number of hydrogen-bond acceptors (Lipinski definition) is 3. The Labute approximate surface area is 149 Å². The lowest BCUT2D eigenvalue weighted by Gasteiger charge is -2.29. The molecule has 0 fully saturated rings. The van der Waals surface area contributed by atoms with E-state index in [4.69, 9.17) is 16.3 Å². The van der Waals surface area contributed by atoms with Crippen LogP contribution in [-0.4, -0.2) is 42.3 Å². The largest absolute Gasteiger partial charge is 0.444 e. The number of amides is 1. The number of ether oxygens (including phenoxy) is 1. The molecule has 24 heavy (non-hydrogen) atoms. The van der Waals surface area contributed by atoms with E-state index in [1.807, 2.05) is 31.7 Å². The molecule has 5 heteroatoms. The van der Waals surface area contributed by atoms with Crippen LogP contribution in [0.1, 0.15) is 51.7 Å². The molecule has 4 nitrogen and oxygen atoms in total. The lowest BCUT2D eigenvalue weighted by Crippen LogP contribution is -2.40. The summed E-state index contributed by atoms with van der Waals surface area (Å²) in [5, 5.41) is 0.815. The summed E-state index contributed by atoms with van der Waals surface area (Å²) in [6, 6.07) is 4.50. The maximum absolute atomic E-state index is 12.5. The minimum Gasteiger partial charge on any atom is -0.444 e. The molecule has 0 aromatic heterocycles. The van der Waals surface area contributed by atoms with Gasteiger partial charge in [-0.3, -0.25) is 0 Å². The van der Waals surface area contributed by atoms with Gasteiger partial charge in [0.15, 0.2) is 0 Å². The third kappa shape index (κ3) is 3.21. The number of halogens is 1. The van der Waals surface area contributed by atoms with Crippen molar-refractivity contribution in [2.45, 2.75) is 58.6 Å². The molecule has 132 valence electrons. The Bertz CT molecular complexity index is 652. The average Bonchev–Trinajstić information content (AvgIpc) is 2.74. The summed E-state index contributed by atoms with van der Waals surface area (Å²) in [4.78, 5) is 16.8. The van der Waals surface area contributed by atoms with Crippen molar-refractivity contribution in [1.29, 1.82) is 0 Å². The third-order valence-electron chi connectivity index (χ3n) is 4.74. The highest BCUT2D eigenvalue weighted by Crippen LogP contribution is 2.45. The monoisotopic (exact) mass is 350 g/mol. The zero-order chi connectivity index (χ0) is 17.6. The predicted molar refractivity (Wildman–Crippen MR) is 98.2 cm³/mol. The van der Waals surface area contributed by atoms with Crippen molar-refractivity contribution in [3.05, 3.63) is 28.3 Å².